The van der Waals surface area contributed by atoms with Crippen molar-refractivity contribution in [2.24, 2.45) is 0 Å². The Morgan fingerprint density at radius 1 is 1.75 bits per heavy atom. The van der Waals surface area contributed by atoms with E-state index < -0.39 is 0 Å². The molecule has 0 spiro atoms. The number of aldehydes is 1. The van der Waals surface area contributed by atoms with Gasteiger partial charge in [0.2, 0.25) is 0 Å². The molecule has 0 saturated carbocycles. The standard InChI is InChI=1S/C8H5NO2S/c1-5(11)8-6(2-9)4-12-7(8)3-10/h3-4H,1H3. The minimum Gasteiger partial charge on any atom is -0.297 e. The summed E-state index contributed by atoms with van der Waals surface area (Å²) in [6.45, 7) is 1.34. The largest absolute Gasteiger partial charge is 0.297 e. The van der Waals surface area contributed by atoms with Gasteiger partial charge in [-0.1, -0.05) is 0 Å². The number of hydrogen-bond donors (Lipinski definition) is 0. The molecule has 0 unspecified atom stereocenters. The Morgan fingerprint density at radius 2 is 2.42 bits per heavy atom. The number of Topliss-reactive ketones (excluding diaryl/α,β-unsaturated/α-hetero) is 1. The molecule has 3 nitrogen and oxygen atoms in total. The zero-order valence-corrected chi connectivity index (χ0v) is 7.14. The van der Waals surface area contributed by atoms with Crippen LogP contribution in [0.5, 0.6) is 0 Å². The molecule has 0 aliphatic heterocycles. The number of ketones is 1. The number of carbonyl (C=O) groups is 2. The van der Waals surface area contributed by atoms with E-state index in [1.807, 2.05) is 6.07 Å². The topological polar surface area (TPSA) is 57.9 Å². The zero-order chi connectivity index (χ0) is 9.14. The highest BCUT2D eigenvalue weighted by Gasteiger charge is 2.14. The van der Waals surface area contributed by atoms with Crippen molar-refractivity contribution < 1.29 is 9.59 Å². The molecule has 0 atom stereocenters. The van der Waals surface area contributed by atoms with Crippen LogP contribution in [0.25, 0.3) is 0 Å². The molecular weight excluding hydrogens is 174 g/mol. The fourth-order valence-corrected chi connectivity index (χ4v) is 1.75. The lowest BCUT2D eigenvalue weighted by atomic mass is 10.1. The molecule has 0 aromatic carbocycles. The molecule has 60 valence electrons. The van der Waals surface area contributed by atoms with Crippen molar-refractivity contribution in [3.05, 3.63) is 21.4 Å². The molecule has 0 N–H and O–H groups in total. The SMILES string of the molecule is CC(=O)c1c(C#N)csc1C=O. The van der Waals surface area contributed by atoms with E-state index in [-0.39, 0.29) is 16.9 Å². The van der Waals surface area contributed by atoms with E-state index in [0.29, 0.717) is 11.2 Å². The lowest BCUT2D eigenvalue weighted by Gasteiger charge is -1.90. The van der Waals surface area contributed by atoms with Gasteiger partial charge in [0, 0.05) is 5.38 Å². The van der Waals surface area contributed by atoms with Crippen LogP contribution in [-0.2, 0) is 0 Å². The van der Waals surface area contributed by atoms with Gasteiger partial charge < -0.3 is 0 Å². The minimum atomic E-state index is -0.241. The van der Waals surface area contributed by atoms with Crippen molar-refractivity contribution in [1.82, 2.24) is 0 Å². The highest BCUT2D eigenvalue weighted by Crippen LogP contribution is 2.20. The van der Waals surface area contributed by atoms with E-state index in [0.717, 1.165) is 11.3 Å². The molecule has 0 saturated heterocycles. The molecule has 1 aromatic heterocycles. The van der Waals surface area contributed by atoms with Gasteiger partial charge in [0.05, 0.1) is 16.0 Å². The van der Waals surface area contributed by atoms with Crippen LogP contribution in [0.1, 0.15) is 32.5 Å². The molecular formula is C8H5NO2S. The molecule has 0 aliphatic rings. The van der Waals surface area contributed by atoms with Gasteiger partial charge in [-0.25, -0.2) is 0 Å². The van der Waals surface area contributed by atoms with Crippen LogP contribution in [0.2, 0.25) is 0 Å². The number of hydrogen-bond acceptors (Lipinski definition) is 4. The summed E-state index contributed by atoms with van der Waals surface area (Å²) in [5.74, 6) is -0.241. The first kappa shape index (κ1) is 8.62. The first-order chi connectivity index (χ1) is 5.70. The molecule has 1 aromatic rings. The van der Waals surface area contributed by atoms with Gasteiger partial charge in [-0.3, -0.25) is 9.59 Å². The van der Waals surface area contributed by atoms with Crippen molar-refractivity contribution in [1.29, 1.82) is 5.26 Å². The van der Waals surface area contributed by atoms with Crippen LogP contribution in [0, 0.1) is 11.3 Å². The molecule has 0 radical (unpaired) electrons. The van der Waals surface area contributed by atoms with Gasteiger partial charge in [0.15, 0.2) is 12.1 Å². The van der Waals surface area contributed by atoms with Gasteiger partial charge in [-0.2, -0.15) is 5.26 Å². The Morgan fingerprint density at radius 3 is 2.83 bits per heavy atom. The maximum absolute atomic E-state index is 11.0. The van der Waals surface area contributed by atoms with Crippen molar-refractivity contribution in [3.63, 3.8) is 0 Å². The average Bonchev–Trinajstić information content (AvgIpc) is 2.46. The second-order valence-electron chi connectivity index (χ2n) is 2.17. The van der Waals surface area contributed by atoms with Crippen molar-refractivity contribution >= 4 is 23.4 Å². The average molecular weight is 179 g/mol. The fraction of sp³-hybridized carbons (Fsp3) is 0.125. The number of nitrogens with zero attached hydrogens (tertiary/aromatic N) is 1. The second kappa shape index (κ2) is 3.28. The highest BCUT2D eigenvalue weighted by molar-refractivity contribution is 7.12. The Bertz CT molecular complexity index is 373. The molecule has 1 heterocycles. The fourth-order valence-electron chi connectivity index (χ4n) is 0.905. The third kappa shape index (κ3) is 1.27. The molecule has 0 bridgehead atoms. The van der Waals surface area contributed by atoms with Crippen molar-refractivity contribution in [3.8, 4) is 6.07 Å². The van der Waals surface area contributed by atoms with Crippen molar-refractivity contribution in [2.75, 3.05) is 0 Å². The maximum Gasteiger partial charge on any atom is 0.162 e. The van der Waals surface area contributed by atoms with Gasteiger partial charge in [-0.15, -0.1) is 11.3 Å². The van der Waals surface area contributed by atoms with Gasteiger partial charge in [0.25, 0.3) is 0 Å². The van der Waals surface area contributed by atoms with E-state index in [9.17, 15) is 9.59 Å². The first-order valence-electron chi connectivity index (χ1n) is 3.18. The summed E-state index contributed by atoms with van der Waals surface area (Å²) in [6.07, 6.45) is 0.599. The van der Waals surface area contributed by atoms with E-state index in [1.165, 1.54) is 12.3 Å². The van der Waals surface area contributed by atoms with Crippen LogP contribution in [0.15, 0.2) is 5.38 Å². The smallest absolute Gasteiger partial charge is 0.162 e. The number of nitriles is 1. The maximum atomic E-state index is 11.0. The van der Waals surface area contributed by atoms with Crippen LogP contribution >= 0.6 is 11.3 Å². The Kier molecular flexibility index (Phi) is 2.36. The van der Waals surface area contributed by atoms with E-state index in [1.54, 1.807) is 0 Å². The third-order valence-corrected chi connectivity index (χ3v) is 2.31. The van der Waals surface area contributed by atoms with E-state index >= 15 is 0 Å². The molecule has 1 rings (SSSR count). The first-order valence-corrected chi connectivity index (χ1v) is 4.06. The van der Waals surface area contributed by atoms with Gasteiger partial charge >= 0.3 is 0 Å². The number of carbonyl (C=O) groups excluding carboxylic acids is 2. The summed E-state index contributed by atoms with van der Waals surface area (Å²) in [7, 11) is 0. The monoisotopic (exact) mass is 179 g/mol. The van der Waals surface area contributed by atoms with Crippen molar-refractivity contribution in [2.45, 2.75) is 6.92 Å². The Balaban J connectivity index is 3.38. The normalized spacial score (nSPS) is 9.00. The summed E-state index contributed by atoms with van der Waals surface area (Å²) in [5, 5.41) is 10.1. The molecule has 0 fully saturated rings. The quantitative estimate of drug-likeness (QED) is 0.512. The lowest BCUT2D eigenvalue weighted by Crippen LogP contribution is -1.96. The van der Waals surface area contributed by atoms with E-state index in [2.05, 4.69) is 0 Å². The van der Waals surface area contributed by atoms with Crippen LogP contribution in [0.4, 0.5) is 0 Å². The van der Waals surface area contributed by atoms with Gasteiger partial charge in [-0.05, 0) is 6.92 Å². The summed E-state index contributed by atoms with van der Waals surface area (Å²) in [4.78, 5) is 21.7. The Labute approximate surface area is 73.2 Å². The summed E-state index contributed by atoms with van der Waals surface area (Å²) < 4.78 is 0. The summed E-state index contributed by atoms with van der Waals surface area (Å²) in [5.41, 5.74) is 0.534. The van der Waals surface area contributed by atoms with Crippen LogP contribution in [-0.4, -0.2) is 12.1 Å². The van der Waals surface area contributed by atoms with Crippen LogP contribution in [0.3, 0.4) is 0 Å². The molecule has 0 amide bonds. The second-order valence-corrected chi connectivity index (χ2v) is 3.09. The minimum absolute atomic E-state index is 0.241. The summed E-state index contributed by atoms with van der Waals surface area (Å²) in [6, 6.07) is 1.86. The summed E-state index contributed by atoms with van der Waals surface area (Å²) >= 11 is 1.12. The highest BCUT2D eigenvalue weighted by atomic mass is 32.1. The van der Waals surface area contributed by atoms with E-state index in [4.69, 9.17) is 5.26 Å². The van der Waals surface area contributed by atoms with Gasteiger partial charge in [0.1, 0.15) is 6.07 Å². The third-order valence-electron chi connectivity index (χ3n) is 1.40. The molecule has 4 heteroatoms. The number of rotatable bonds is 2. The Hall–Kier alpha value is -1.47. The zero-order valence-electron chi connectivity index (χ0n) is 6.33. The predicted molar refractivity (Wildman–Crippen MR) is 44.4 cm³/mol. The molecule has 0 aliphatic carbocycles. The van der Waals surface area contributed by atoms with Crippen LogP contribution < -0.4 is 0 Å². The lowest BCUT2D eigenvalue weighted by molar-refractivity contribution is 0.101. The molecule has 12 heavy (non-hydrogen) atoms. The number of thiophene rings is 1. The predicted octanol–water partition coefficient (Wildman–Crippen LogP) is 1.63.